The van der Waals surface area contributed by atoms with E-state index in [-0.39, 0.29) is 5.78 Å². The van der Waals surface area contributed by atoms with Crippen molar-refractivity contribution in [1.29, 1.82) is 0 Å². The Labute approximate surface area is 198 Å². The Morgan fingerprint density at radius 2 is 1.55 bits per heavy atom. The third kappa shape index (κ3) is 4.40. The van der Waals surface area contributed by atoms with Crippen molar-refractivity contribution in [2.45, 2.75) is 12.1 Å². The van der Waals surface area contributed by atoms with Gasteiger partial charge in [0.2, 0.25) is 0 Å². The van der Waals surface area contributed by atoms with Gasteiger partial charge >= 0.3 is 0 Å². The van der Waals surface area contributed by atoms with Gasteiger partial charge in [-0.3, -0.25) is 9.69 Å². The molecule has 3 aromatic carbocycles. The molecule has 0 radical (unpaired) electrons. The van der Waals surface area contributed by atoms with Crippen molar-refractivity contribution in [2.24, 2.45) is 0 Å². The number of hydrogen-bond acceptors (Lipinski definition) is 4. The zero-order valence-electron chi connectivity index (χ0n) is 18.2. The van der Waals surface area contributed by atoms with E-state index in [0.717, 1.165) is 42.6 Å². The molecule has 1 aliphatic rings. The number of nitrogens with one attached hydrogen (secondary N) is 1. The summed E-state index contributed by atoms with van der Waals surface area (Å²) in [5.74, 6) is -0.280. The lowest BCUT2D eigenvalue weighted by molar-refractivity contribution is 0.0366. The molecular formula is C27H26ClN3O2. The van der Waals surface area contributed by atoms with Crippen LogP contribution in [0.5, 0.6) is 0 Å². The third-order valence-corrected chi connectivity index (χ3v) is 6.71. The number of piperazine rings is 1. The van der Waals surface area contributed by atoms with Crippen LogP contribution in [0.4, 0.5) is 5.69 Å². The summed E-state index contributed by atoms with van der Waals surface area (Å²) in [6.07, 6.45) is 0.497. The predicted molar refractivity (Wildman–Crippen MR) is 133 cm³/mol. The Bertz CT molecular complexity index is 1230. The van der Waals surface area contributed by atoms with Gasteiger partial charge in [0, 0.05) is 59.6 Å². The van der Waals surface area contributed by atoms with Gasteiger partial charge in [0.25, 0.3) is 0 Å². The SMILES string of the molecule is O=C(c1c[nH]c2ccccc12)[C@@H](O)[C@@H](c1ccc(Cl)cc1)N1CCN(c2ccccc2)CC1. The molecule has 0 saturated carbocycles. The Balaban J connectivity index is 1.42. The topological polar surface area (TPSA) is 59.6 Å². The molecule has 5 rings (SSSR count). The maximum absolute atomic E-state index is 13.5. The summed E-state index contributed by atoms with van der Waals surface area (Å²) in [5, 5.41) is 12.9. The largest absolute Gasteiger partial charge is 0.383 e. The van der Waals surface area contributed by atoms with Crippen LogP contribution in [0.3, 0.4) is 0 Å². The number of fused-ring (bicyclic) bond motifs is 1. The Morgan fingerprint density at radius 3 is 2.27 bits per heavy atom. The first kappa shape index (κ1) is 21.7. The molecule has 2 atom stereocenters. The van der Waals surface area contributed by atoms with Crippen LogP contribution in [-0.2, 0) is 0 Å². The first-order chi connectivity index (χ1) is 16.1. The van der Waals surface area contributed by atoms with E-state index in [1.54, 1.807) is 6.20 Å². The summed E-state index contributed by atoms with van der Waals surface area (Å²) >= 11 is 6.12. The molecule has 1 aliphatic heterocycles. The van der Waals surface area contributed by atoms with E-state index < -0.39 is 12.1 Å². The van der Waals surface area contributed by atoms with Crippen LogP contribution in [0.1, 0.15) is 22.0 Å². The van der Waals surface area contributed by atoms with E-state index >= 15 is 0 Å². The van der Waals surface area contributed by atoms with Gasteiger partial charge in [-0.2, -0.15) is 0 Å². The second-order valence-corrected chi connectivity index (χ2v) is 8.85. The zero-order valence-corrected chi connectivity index (χ0v) is 18.9. The number of Topliss-reactive ketones (excluding diaryl/α,β-unsaturated/α-hetero) is 1. The van der Waals surface area contributed by atoms with Crippen LogP contribution in [-0.4, -0.2) is 53.1 Å². The lowest BCUT2D eigenvalue weighted by Crippen LogP contribution is -2.51. The van der Waals surface area contributed by atoms with Crippen LogP contribution in [0.25, 0.3) is 10.9 Å². The van der Waals surface area contributed by atoms with Gasteiger partial charge in [-0.15, -0.1) is 0 Å². The van der Waals surface area contributed by atoms with Gasteiger partial charge in [-0.25, -0.2) is 0 Å². The number of carbonyl (C=O) groups is 1. The van der Waals surface area contributed by atoms with E-state index in [9.17, 15) is 9.90 Å². The number of aromatic nitrogens is 1. The van der Waals surface area contributed by atoms with Crippen molar-refractivity contribution in [3.05, 3.63) is 101 Å². The van der Waals surface area contributed by atoms with Crippen molar-refractivity contribution >= 4 is 34.0 Å². The number of aliphatic hydroxyl groups is 1. The second kappa shape index (κ2) is 9.40. The summed E-state index contributed by atoms with van der Waals surface area (Å²) < 4.78 is 0. The monoisotopic (exact) mass is 459 g/mol. The highest BCUT2D eigenvalue weighted by Crippen LogP contribution is 2.31. The number of halogens is 1. The van der Waals surface area contributed by atoms with Crippen LogP contribution in [0.15, 0.2) is 85.1 Å². The number of nitrogens with zero attached hydrogens (tertiary/aromatic N) is 2. The molecule has 1 saturated heterocycles. The maximum atomic E-state index is 13.5. The molecule has 5 nitrogen and oxygen atoms in total. The fraction of sp³-hybridized carbons (Fsp3) is 0.222. The Kier molecular flexibility index (Phi) is 6.18. The molecule has 0 aliphatic carbocycles. The van der Waals surface area contributed by atoms with Crippen LogP contribution >= 0.6 is 11.6 Å². The summed E-state index contributed by atoms with van der Waals surface area (Å²) in [5.41, 5.74) is 3.47. The van der Waals surface area contributed by atoms with Gasteiger partial charge in [0.15, 0.2) is 5.78 Å². The number of ketones is 1. The van der Waals surface area contributed by atoms with Crippen LogP contribution < -0.4 is 4.90 Å². The van der Waals surface area contributed by atoms with E-state index in [4.69, 9.17) is 11.6 Å². The van der Waals surface area contributed by atoms with Gasteiger partial charge in [0.1, 0.15) is 6.10 Å². The van der Waals surface area contributed by atoms with E-state index in [1.165, 1.54) is 5.69 Å². The number of rotatable bonds is 6. The minimum absolute atomic E-state index is 0.280. The number of benzene rings is 3. The smallest absolute Gasteiger partial charge is 0.195 e. The molecule has 1 aromatic heterocycles. The molecule has 1 fully saturated rings. The van der Waals surface area contributed by atoms with Crippen molar-refractivity contribution < 1.29 is 9.90 Å². The summed E-state index contributed by atoms with van der Waals surface area (Å²) in [4.78, 5) is 21.2. The zero-order chi connectivity index (χ0) is 22.8. The fourth-order valence-corrected chi connectivity index (χ4v) is 4.85. The highest BCUT2D eigenvalue weighted by molar-refractivity contribution is 6.30. The highest BCUT2D eigenvalue weighted by atomic mass is 35.5. The Hall–Kier alpha value is -3.12. The minimum Gasteiger partial charge on any atom is -0.383 e. The average Bonchev–Trinajstić information content (AvgIpc) is 3.30. The predicted octanol–water partition coefficient (Wildman–Crippen LogP) is 4.93. The number of anilines is 1. The molecule has 168 valence electrons. The molecule has 0 spiro atoms. The average molecular weight is 460 g/mol. The summed E-state index contributed by atoms with van der Waals surface area (Å²) in [7, 11) is 0. The number of aromatic amines is 1. The highest BCUT2D eigenvalue weighted by Gasteiger charge is 2.35. The quantitative estimate of drug-likeness (QED) is 0.401. The standard InChI is InChI=1S/C27H26ClN3O2/c28-20-12-10-19(11-13-20)25(31-16-14-30(15-17-31)21-6-2-1-3-7-21)27(33)26(32)23-18-29-24-9-5-4-8-22(23)24/h1-13,18,25,27,29,33H,14-17H2/t25-,27+/m1/s1. The first-order valence-electron chi connectivity index (χ1n) is 11.2. The molecule has 2 heterocycles. The fourth-order valence-electron chi connectivity index (χ4n) is 4.73. The summed E-state index contributed by atoms with van der Waals surface area (Å²) in [6.45, 7) is 3.12. The molecule has 0 unspecified atom stereocenters. The number of para-hydroxylation sites is 2. The van der Waals surface area contributed by atoms with Gasteiger partial charge in [0.05, 0.1) is 6.04 Å². The molecular weight excluding hydrogens is 434 g/mol. The lowest BCUT2D eigenvalue weighted by Gasteiger charge is -2.41. The number of aliphatic hydroxyl groups excluding tert-OH is 1. The lowest BCUT2D eigenvalue weighted by atomic mass is 9.93. The second-order valence-electron chi connectivity index (χ2n) is 8.41. The minimum atomic E-state index is -1.20. The van der Waals surface area contributed by atoms with Crippen molar-refractivity contribution in [2.75, 3.05) is 31.1 Å². The number of carbonyl (C=O) groups excluding carboxylic acids is 1. The molecule has 4 aromatic rings. The normalized spacial score (nSPS) is 16.6. The van der Waals surface area contributed by atoms with E-state index in [2.05, 4.69) is 26.9 Å². The number of H-pyrrole nitrogens is 1. The Morgan fingerprint density at radius 1 is 0.879 bits per heavy atom. The van der Waals surface area contributed by atoms with E-state index in [0.29, 0.717) is 10.6 Å². The molecule has 6 heteroatoms. The van der Waals surface area contributed by atoms with E-state index in [1.807, 2.05) is 66.7 Å². The first-order valence-corrected chi connectivity index (χ1v) is 11.6. The molecule has 0 amide bonds. The third-order valence-electron chi connectivity index (χ3n) is 6.46. The van der Waals surface area contributed by atoms with Crippen LogP contribution in [0.2, 0.25) is 5.02 Å². The molecule has 2 N–H and O–H groups in total. The van der Waals surface area contributed by atoms with Crippen molar-refractivity contribution in [3.8, 4) is 0 Å². The molecule has 0 bridgehead atoms. The summed E-state index contributed by atoms with van der Waals surface area (Å²) in [6, 6.07) is 25.0. The maximum Gasteiger partial charge on any atom is 0.195 e. The molecule has 33 heavy (non-hydrogen) atoms. The van der Waals surface area contributed by atoms with Crippen molar-refractivity contribution in [1.82, 2.24) is 9.88 Å². The van der Waals surface area contributed by atoms with Crippen LogP contribution in [0, 0.1) is 0 Å². The van der Waals surface area contributed by atoms with Crippen molar-refractivity contribution in [3.63, 3.8) is 0 Å². The number of hydrogen-bond donors (Lipinski definition) is 2. The van der Waals surface area contributed by atoms with Gasteiger partial charge < -0.3 is 15.0 Å². The van der Waals surface area contributed by atoms with Gasteiger partial charge in [-0.05, 0) is 35.9 Å². The van der Waals surface area contributed by atoms with Gasteiger partial charge in [-0.1, -0.05) is 60.1 Å².